The topological polar surface area (TPSA) is 108 Å². The number of alkyl halides is 3. The Morgan fingerprint density at radius 2 is 1.61 bits per heavy atom. The molecule has 2 aromatic heterocycles. The SMILES string of the molecule is C/C=C/c1cc(Nc2nc(/C=C/c3cccc(C(F)(F)F)c3)nc(Nc3ccc(P(C)(C)=O)cc3)n2)n[nH]1. The molecule has 8 nitrogen and oxygen atoms in total. The fraction of sp³-hybridized carbons (Fsp3) is 0.154. The van der Waals surface area contributed by atoms with Gasteiger partial charge in [0, 0.05) is 17.1 Å². The number of rotatable bonds is 8. The Hall–Kier alpha value is -4.24. The molecule has 0 amide bonds. The van der Waals surface area contributed by atoms with E-state index in [2.05, 4.69) is 35.8 Å². The average molecular weight is 540 g/mol. The molecule has 0 spiro atoms. The number of hydrogen-bond donors (Lipinski definition) is 3. The number of hydrogen-bond acceptors (Lipinski definition) is 7. The molecule has 4 rings (SSSR count). The van der Waals surface area contributed by atoms with Crippen LogP contribution in [0, 0.1) is 0 Å². The highest BCUT2D eigenvalue weighted by molar-refractivity contribution is 7.70. The van der Waals surface area contributed by atoms with E-state index in [1.807, 2.05) is 19.1 Å². The van der Waals surface area contributed by atoms with E-state index in [1.54, 1.807) is 49.7 Å². The molecular weight excluding hydrogens is 514 g/mol. The number of aromatic amines is 1. The molecule has 12 heteroatoms. The first-order valence-electron chi connectivity index (χ1n) is 11.5. The Morgan fingerprint density at radius 1 is 0.895 bits per heavy atom. The summed E-state index contributed by atoms with van der Waals surface area (Å²) in [6, 6.07) is 13.8. The minimum Gasteiger partial charge on any atom is -0.324 e. The van der Waals surface area contributed by atoms with Crippen molar-refractivity contribution in [2.45, 2.75) is 13.1 Å². The van der Waals surface area contributed by atoms with Crippen molar-refractivity contribution in [2.24, 2.45) is 0 Å². The van der Waals surface area contributed by atoms with E-state index in [9.17, 15) is 17.7 Å². The molecule has 38 heavy (non-hydrogen) atoms. The summed E-state index contributed by atoms with van der Waals surface area (Å²) in [6.45, 7) is 5.27. The van der Waals surface area contributed by atoms with Crippen molar-refractivity contribution in [3.63, 3.8) is 0 Å². The molecule has 2 heterocycles. The second kappa shape index (κ2) is 11.0. The summed E-state index contributed by atoms with van der Waals surface area (Å²) in [5.74, 6) is 1.04. The zero-order chi connectivity index (χ0) is 27.3. The highest BCUT2D eigenvalue weighted by Gasteiger charge is 2.30. The summed E-state index contributed by atoms with van der Waals surface area (Å²) in [4.78, 5) is 13.2. The van der Waals surface area contributed by atoms with Gasteiger partial charge in [0.2, 0.25) is 11.9 Å². The maximum Gasteiger partial charge on any atom is 0.416 e. The van der Waals surface area contributed by atoms with Crippen LogP contribution in [-0.4, -0.2) is 38.5 Å². The zero-order valence-electron chi connectivity index (χ0n) is 20.8. The quantitative estimate of drug-likeness (QED) is 0.218. The second-order valence-electron chi connectivity index (χ2n) is 8.65. The molecule has 4 aromatic rings. The van der Waals surface area contributed by atoms with Crippen LogP contribution in [0.4, 0.5) is 36.6 Å². The molecule has 0 saturated carbocycles. The highest BCUT2D eigenvalue weighted by atomic mass is 31.2. The first kappa shape index (κ1) is 26.8. The molecule has 0 aliphatic carbocycles. The van der Waals surface area contributed by atoms with E-state index in [-0.39, 0.29) is 17.7 Å². The maximum absolute atomic E-state index is 13.1. The van der Waals surface area contributed by atoms with Gasteiger partial charge in [-0.2, -0.15) is 33.2 Å². The molecule has 0 atom stereocenters. The van der Waals surface area contributed by atoms with Crippen LogP contribution in [0.25, 0.3) is 18.2 Å². The van der Waals surface area contributed by atoms with E-state index in [0.29, 0.717) is 17.1 Å². The molecular formula is C26H25F3N7OP. The monoisotopic (exact) mass is 539 g/mol. The van der Waals surface area contributed by atoms with Crippen molar-refractivity contribution in [3.05, 3.63) is 83.3 Å². The summed E-state index contributed by atoms with van der Waals surface area (Å²) in [7, 11) is -2.40. The lowest BCUT2D eigenvalue weighted by molar-refractivity contribution is -0.137. The number of anilines is 4. The van der Waals surface area contributed by atoms with Gasteiger partial charge in [-0.05, 0) is 74.4 Å². The Labute approximate surface area is 217 Å². The fourth-order valence-corrected chi connectivity index (χ4v) is 4.25. The van der Waals surface area contributed by atoms with Gasteiger partial charge in [0.25, 0.3) is 0 Å². The van der Waals surface area contributed by atoms with Gasteiger partial charge in [-0.1, -0.05) is 24.3 Å². The lowest BCUT2D eigenvalue weighted by Crippen LogP contribution is -2.07. The van der Waals surface area contributed by atoms with Crippen molar-refractivity contribution in [1.82, 2.24) is 25.1 Å². The minimum atomic E-state index is -4.45. The Morgan fingerprint density at radius 3 is 2.26 bits per heavy atom. The minimum absolute atomic E-state index is 0.174. The maximum atomic E-state index is 13.1. The second-order valence-corrected chi connectivity index (χ2v) is 11.9. The third-order valence-electron chi connectivity index (χ3n) is 5.22. The average Bonchev–Trinajstić information content (AvgIpc) is 3.29. The molecule has 0 bridgehead atoms. The molecule has 0 radical (unpaired) electrons. The van der Waals surface area contributed by atoms with Crippen LogP contribution >= 0.6 is 7.14 Å². The molecule has 0 aliphatic rings. The van der Waals surface area contributed by atoms with Crippen molar-refractivity contribution in [3.8, 4) is 0 Å². The van der Waals surface area contributed by atoms with Gasteiger partial charge in [0.1, 0.15) is 7.14 Å². The van der Waals surface area contributed by atoms with E-state index in [1.165, 1.54) is 18.2 Å². The van der Waals surface area contributed by atoms with Gasteiger partial charge in [0.15, 0.2) is 11.6 Å². The largest absolute Gasteiger partial charge is 0.416 e. The van der Waals surface area contributed by atoms with Crippen LogP contribution < -0.4 is 15.9 Å². The van der Waals surface area contributed by atoms with Crippen LogP contribution in [-0.2, 0) is 10.7 Å². The molecule has 0 unspecified atom stereocenters. The summed E-state index contributed by atoms with van der Waals surface area (Å²) in [5.41, 5.74) is 1.02. The number of allylic oxidation sites excluding steroid dienone is 1. The number of nitrogens with zero attached hydrogens (tertiary/aromatic N) is 4. The van der Waals surface area contributed by atoms with Gasteiger partial charge in [0.05, 0.1) is 11.3 Å². The normalized spacial score (nSPS) is 12.4. The lowest BCUT2D eigenvalue weighted by atomic mass is 10.1. The Bertz CT molecular complexity index is 1520. The van der Waals surface area contributed by atoms with Crippen LogP contribution in [0.1, 0.15) is 29.6 Å². The van der Waals surface area contributed by atoms with Crippen molar-refractivity contribution < 1.29 is 17.7 Å². The van der Waals surface area contributed by atoms with Crippen LogP contribution in [0.3, 0.4) is 0 Å². The summed E-state index contributed by atoms with van der Waals surface area (Å²) < 4.78 is 51.6. The molecule has 2 aromatic carbocycles. The summed E-state index contributed by atoms with van der Waals surface area (Å²) in [5, 5.41) is 13.9. The van der Waals surface area contributed by atoms with Gasteiger partial charge in [-0.15, -0.1) is 0 Å². The Kier molecular flexibility index (Phi) is 7.78. The standard InChI is InChI=1S/C26H25F3N7OP/c1-4-6-20-16-23(36-35-20)33-25-32-22(14-9-17-7-5-8-18(15-17)26(27,28)29)31-24(34-25)30-19-10-12-21(13-11-19)38(2,3)37/h4-16H,1-3H3,(H3,30,31,32,33,34,35,36)/b6-4+,14-9+. The smallest absolute Gasteiger partial charge is 0.324 e. The van der Waals surface area contributed by atoms with E-state index >= 15 is 0 Å². The number of halogens is 3. The number of benzene rings is 2. The molecule has 3 N–H and O–H groups in total. The number of aromatic nitrogens is 5. The van der Waals surface area contributed by atoms with E-state index in [4.69, 9.17) is 0 Å². The van der Waals surface area contributed by atoms with Gasteiger partial charge >= 0.3 is 6.18 Å². The van der Waals surface area contributed by atoms with Crippen molar-refractivity contribution in [1.29, 1.82) is 0 Å². The van der Waals surface area contributed by atoms with Crippen LogP contribution in [0.15, 0.2) is 60.7 Å². The van der Waals surface area contributed by atoms with Crippen LogP contribution in [0.2, 0.25) is 0 Å². The van der Waals surface area contributed by atoms with Gasteiger partial charge < -0.3 is 15.2 Å². The van der Waals surface area contributed by atoms with E-state index < -0.39 is 18.9 Å². The molecule has 0 aliphatic heterocycles. The third-order valence-corrected chi connectivity index (χ3v) is 6.76. The van der Waals surface area contributed by atoms with Gasteiger partial charge in [-0.25, -0.2) is 0 Å². The third kappa shape index (κ3) is 7.17. The van der Waals surface area contributed by atoms with Crippen LogP contribution in [0.5, 0.6) is 0 Å². The Balaban J connectivity index is 1.65. The van der Waals surface area contributed by atoms with Gasteiger partial charge in [-0.3, -0.25) is 5.10 Å². The number of H-pyrrole nitrogens is 1. The number of nitrogens with one attached hydrogen (secondary N) is 3. The molecule has 0 fully saturated rings. The van der Waals surface area contributed by atoms with Crippen molar-refractivity contribution >= 4 is 54.1 Å². The fourth-order valence-electron chi connectivity index (χ4n) is 3.38. The predicted molar refractivity (Wildman–Crippen MR) is 146 cm³/mol. The van der Waals surface area contributed by atoms with Crippen molar-refractivity contribution in [2.75, 3.05) is 24.0 Å². The predicted octanol–water partition coefficient (Wildman–Crippen LogP) is 6.55. The first-order valence-corrected chi connectivity index (χ1v) is 14.1. The summed E-state index contributed by atoms with van der Waals surface area (Å²) in [6.07, 6.45) is 2.25. The highest BCUT2D eigenvalue weighted by Crippen LogP contribution is 2.35. The lowest BCUT2D eigenvalue weighted by Gasteiger charge is -2.10. The first-order chi connectivity index (χ1) is 18.0. The van der Waals surface area contributed by atoms with E-state index in [0.717, 1.165) is 23.1 Å². The molecule has 0 saturated heterocycles. The zero-order valence-corrected chi connectivity index (χ0v) is 21.7. The summed E-state index contributed by atoms with van der Waals surface area (Å²) >= 11 is 0. The molecule has 196 valence electrons.